The first-order chi connectivity index (χ1) is 11.1. The Labute approximate surface area is 143 Å². The van der Waals surface area contributed by atoms with E-state index >= 15 is 0 Å². The lowest BCUT2D eigenvalue weighted by Crippen LogP contribution is -2.52. The quantitative estimate of drug-likeness (QED) is 0.705. The van der Waals surface area contributed by atoms with E-state index in [0.29, 0.717) is 6.42 Å². The molecule has 3 N–H and O–H groups in total. The van der Waals surface area contributed by atoms with Gasteiger partial charge in [0.15, 0.2) is 11.5 Å². The summed E-state index contributed by atoms with van der Waals surface area (Å²) >= 11 is 0. The highest BCUT2D eigenvalue weighted by molar-refractivity contribution is 5.75. The summed E-state index contributed by atoms with van der Waals surface area (Å²) in [5, 5.41) is 31.1. The van der Waals surface area contributed by atoms with E-state index in [1.165, 1.54) is 0 Å². The lowest BCUT2D eigenvalue weighted by molar-refractivity contribution is -0.157. The fourth-order valence-corrected chi connectivity index (χ4v) is 5.38. The Morgan fingerprint density at radius 2 is 1.88 bits per heavy atom. The normalized spacial score (nSPS) is 32.3. The SMILES string of the molecule is CC(C)c1cc2c(c(O)c1O)[C@@]1(C)CCC[C@@](C)(C(=O)O)C1CC2. The number of aryl methyl sites for hydroxylation is 1. The zero-order valence-electron chi connectivity index (χ0n) is 15.0. The third-order valence-corrected chi connectivity index (χ3v) is 6.70. The van der Waals surface area contributed by atoms with Crippen molar-refractivity contribution in [2.45, 2.75) is 71.1 Å². The molecule has 0 spiro atoms. The number of phenols is 2. The number of rotatable bonds is 2. The molecule has 132 valence electrons. The molecule has 24 heavy (non-hydrogen) atoms. The van der Waals surface area contributed by atoms with Crippen LogP contribution in [0.2, 0.25) is 0 Å². The molecule has 0 aromatic heterocycles. The zero-order valence-corrected chi connectivity index (χ0v) is 15.0. The van der Waals surface area contributed by atoms with E-state index in [4.69, 9.17) is 0 Å². The molecule has 1 unspecified atom stereocenters. The molecule has 4 heteroatoms. The monoisotopic (exact) mass is 332 g/mol. The smallest absolute Gasteiger partial charge is 0.309 e. The van der Waals surface area contributed by atoms with Crippen LogP contribution in [0.1, 0.15) is 76.0 Å². The number of hydrogen-bond donors (Lipinski definition) is 3. The number of fused-ring (bicyclic) bond motifs is 3. The van der Waals surface area contributed by atoms with Crippen LogP contribution in [0.15, 0.2) is 6.07 Å². The van der Waals surface area contributed by atoms with Gasteiger partial charge in [-0.1, -0.05) is 33.3 Å². The maximum Gasteiger partial charge on any atom is 0.309 e. The minimum Gasteiger partial charge on any atom is -0.504 e. The summed E-state index contributed by atoms with van der Waals surface area (Å²) in [6.07, 6.45) is 3.91. The van der Waals surface area contributed by atoms with Gasteiger partial charge >= 0.3 is 5.97 Å². The lowest BCUT2D eigenvalue weighted by atomic mass is 9.49. The van der Waals surface area contributed by atoms with Crippen molar-refractivity contribution in [2.24, 2.45) is 11.3 Å². The first-order valence-corrected chi connectivity index (χ1v) is 8.94. The van der Waals surface area contributed by atoms with Crippen LogP contribution in [0.5, 0.6) is 11.5 Å². The molecule has 1 aromatic rings. The third-order valence-electron chi connectivity index (χ3n) is 6.70. The van der Waals surface area contributed by atoms with Gasteiger partial charge in [-0.3, -0.25) is 4.79 Å². The summed E-state index contributed by atoms with van der Waals surface area (Å²) < 4.78 is 0. The van der Waals surface area contributed by atoms with Gasteiger partial charge in [-0.2, -0.15) is 0 Å². The van der Waals surface area contributed by atoms with Crippen LogP contribution in [0.4, 0.5) is 0 Å². The summed E-state index contributed by atoms with van der Waals surface area (Å²) in [5.41, 5.74) is 1.44. The predicted octanol–water partition coefficient (Wildman–Crippen LogP) is 4.32. The topological polar surface area (TPSA) is 77.8 Å². The van der Waals surface area contributed by atoms with Gasteiger partial charge in [0.05, 0.1) is 5.41 Å². The Morgan fingerprint density at radius 3 is 2.46 bits per heavy atom. The molecule has 0 radical (unpaired) electrons. The zero-order chi connectivity index (χ0) is 17.9. The second-order valence-corrected chi connectivity index (χ2v) is 8.44. The van der Waals surface area contributed by atoms with Gasteiger partial charge in [0.1, 0.15) is 0 Å². The van der Waals surface area contributed by atoms with Crippen molar-refractivity contribution < 1.29 is 20.1 Å². The van der Waals surface area contributed by atoms with Gasteiger partial charge in [0, 0.05) is 16.5 Å². The largest absolute Gasteiger partial charge is 0.504 e. The summed E-state index contributed by atoms with van der Waals surface area (Å²) in [7, 11) is 0. The van der Waals surface area contributed by atoms with Crippen molar-refractivity contribution in [1.29, 1.82) is 0 Å². The lowest BCUT2D eigenvalue weighted by Gasteiger charge is -2.53. The molecular formula is C20H28O4. The van der Waals surface area contributed by atoms with Gasteiger partial charge in [-0.05, 0) is 50.0 Å². The predicted molar refractivity (Wildman–Crippen MR) is 92.6 cm³/mol. The minimum absolute atomic E-state index is 0.0288. The molecule has 4 nitrogen and oxygen atoms in total. The highest BCUT2D eigenvalue weighted by atomic mass is 16.4. The molecule has 3 atom stereocenters. The molecular weight excluding hydrogens is 304 g/mol. The maximum atomic E-state index is 12.0. The second kappa shape index (κ2) is 5.40. The van der Waals surface area contributed by atoms with Gasteiger partial charge < -0.3 is 15.3 Å². The Hall–Kier alpha value is -1.71. The molecule has 0 amide bonds. The average Bonchev–Trinajstić information content (AvgIpc) is 2.49. The standard InChI is InChI=1S/C20H28O4/c1-11(2)13-10-12-6-7-14-19(3,15(12)17(22)16(13)21)8-5-9-20(14,4)18(23)24/h10-11,14,21-22H,5-9H2,1-4H3,(H,23,24)/t14?,19-,20+/m0/s1. The van der Waals surface area contributed by atoms with Gasteiger partial charge in [-0.15, -0.1) is 0 Å². The number of aromatic hydroxyl groups is 2. The molecule has 3 rings (SSSR count). The molecule has 1 fully saturated rings. The van der Waals surface area contributed by atoms with Crippen molar-refractivity contribution in [3.8, 4) is 11.5 Å². The van der Waals surface area contributed by atoms with E-state index in [1.54, 1.807) is 0 Å². The Morgan fingerprint density at radius 1 is 1.21 bits per heavy atom. The highest BCUT2D eigenvalue weighted by Gasteiger charge is 2.56. The van der Waals surface area contributed by atoms with Crippen molar-refractivity contribution in [2.75, 3.05) is 0 Å². The number of phenolic OH excluding ortho intramolecular Hbond substituents is 2. The molecule has 2 aliphatic rings. The van der Waals surface area contributed by atoms with Crippen LogP contribution in [-0.2, 0) is 16.6 Å². The van der Waals surface area contributed by atoms with Crippen molar-refractivity contribution in [3.05, 3.63) is 22.8 Å². The minimum atomic E-state index is -0.774. The molecule has 0 saturated heterocycles. The van der Waals surface area contributed by atoms with Crippen LogP contribution < -0.4 is 0 Å². The third kappa shape index (κ3) is 2.15. The number of hydrogen-bond acceptors (Lipinski definition) is 3. The van der Waals surface area contributed by atoms with E-state index in [-0.39, 0.29) is 23.3 Å². The van der Waals surface area contributed by atoms with E-state index in [0.717, 1.165) is 42.4 Å². The molecule has 0 heterocycles. The van der Waals surface area contributed by atoms with E-state index in [1.807, 2.05) is 26.8 Å². The number of aliphatic carboxylic acids is 1. The van der Waals surface area contributed by atoms with Gasteiger partial charge in [0.25, 0.3) is 0 Å². The Bertz CT molecular complexity index is 693. The first kappa shape index (κ1) is 17.1. The number of carbonyl (C=O) groups is 1. The fourth-order valence-electron chi connectivity index (χ4n) is 5.38. The van der Waals surface area contributed by atoms with Crippen molar-refractivity contribution in [3.63, 3.8) is 0 Å². The summed E-state index contributed by atoms with van der Waals surface area (Å²) in [5.74, 6) is -0.711. The second-order valence-electron chi connectivity index (χ2n) is 8.44. The van der Waals surface area contributed by atoms with Crippen molar-refractivity contribution >= 4 is 5.97 Å². The maximum absolute atomic E-state index is 12.0. The van der Waals surface area contributed by atoms with E-state index in [2.05, 4.69) is 6.92 Å². The fraction of sp³-hybridized carbons (Fsp3) is 0.650. The number of benzene rings is 1. The highest BCUT2D eigenvalue weighted by Crippen LogP contribution is 2.60. The van der Waals surface area contributed by atoms with Crippen LogP contribution in [0.3, 0.4) is 0 Å². The Kier molecular flexibility index (Phi) is 3.85. The molecule has 1 saturated carbocycles. The number of carboxylic acid groups (broad SMARTS) is 1. The molecule has 0 aliphatic heterocycles. The number of carboxylic acids is 1. The molecule has 0 bridgehead atoms. The van der Waals surface area contributed by atoms with Crippen LogP contribution in [0.25, 0.3) is 0 Å². The van der Waals surface area contributed by atoms with E-state index in [9.17, 15) is 20.1 Å². The molecule has 2 aliphatic carbocycles. The summed E-state index contributed by atoms with van der Waals surface area (Å²) in [4.78, 5) is 12.0. The van der Waals surface area contributed by atoms with Crippen LogP contribution >= 0.6 is 0 Å². The summed E-state index contributed by atoms with van der Waals surface area (Å²) in [6, 6.07) is 2.02. The van der Waals surface area contributed by atoms with Gasteiger partial charge in [-0.25, -0.2) is 0 Å². The first-order valence-electron chi connectivity index (χ1n) is 8.94. The van der Waals surface area contributed by atoms with Crippen LogP contribution in [-0.4, -0.2) is 21.3 Å². The molecule has 1 aromatic carbocycles. The Balaban J connectivity index is 2.20. The van der Waals surface area contributed by atoms with Crippen molar-refractivity contribution in [1.82, 2.24) is 0 Å². The van der Waals surface area contributed by atoms with Gasteiger partial charge in [0.2, 0.25) is 0 Å². The summed E-state index contributed by atoms with van der Waals surface area (Å²) in [6.45, 7) is 7.92. The van der Waals surface area contributed by atoms with E-state index < -0.39 is 16.8 Å². The average molecular weight is 332 g/mol. The van der Waals surface area contributed by atoms with Crippen LogP contribution in [0, 0.1) is 11.3 Å².